The summed E-state index contributed by atoms with van der Waals surface area (Å²) in [5.41, 5.74) is 6.82. The lowest BCUT2D eigenvalue weighted by atomic mass is 9.98. The molecule has 0 saturated carbocycles. The number of rotatable bonds is 11. The highest BCUT2D eigenvalue weighted by molar-refractivity contribution is 6.21. The first-order chi connectivity index (χ1) is 24.7. The second-order valence-corrected chi connectivity index (χ2v) is 13.3. The van der Waals surface area contributed by atoms with E-state index in [4.69, 9.17) is 9.47 Å². The molecule has 0 aliphatic carbocycles. The van der Waals surface area contributed by atoms with Gasteiger partial charge in [-0.15, -0.1) is 0 Å². The molecule has 2 amide bonds. The van der Waals surface area contributed by atoms with Crippen molar-refractivity contribution < 1.29 is 34.4 Å². The fourth-order valence-corrected chi connectivity index (χ4v) is 6.87. The van der Waals surface area contributed by atoms with E-state index in [1.54, 1.807) is 48.5 Å². The SMILES string of the molecule is CN(C[C@H]1C[C@@H](c2ccc(CO)cc2)O[C@@H](c2cccc(-c3cccc(CN4C(=O)c5ccccc5C4=O)c3)c2)O1)C[C@@H](O)c1cccc(O)c1. The molecule has 5 aromatic rings. The molecule has 2 heterocycles. The normalized spacial score (nSPS) is 19.4. The lowest BCUT2D eigenvalue weighted by molar-refractivity contribution is -0.252. The summed E-state index contributed by atoms with van der Waals surface area (Å²) in [6, 6.07) is 37.1. The van der Waals surface area contributed by atoms with Crippen LogP contribution in [0.3, 0.4) is 0 Å². The van der Waals surface area contributed by atoms with Gasteiger partial charge >= 0.3 is 0 Å². The largest absolute Gasteiger partial charge is 0.508 e. The molecule has 2 aliphatic heterocycles. The van der Waals surface area contributed by atoms with Gasteiger partial charge in [0.05, 0.1) is 42.6 Å². The topological polar surface area (TPSA) is 120 Å². The van der Waals surface area contributed by atoms with Crippen molar-refractivity contribution in [1.29, 1.82) is 0 Å². The number of nitrogens with zero attached hydrogens (tertiary/aromatic N) is 2. The predicted molar refractivity (Wildman–Crippen MR) is 192 cm³/mol. The van der Waals surface area contributed by atoms with Crippen LogP contribution in [0.1, 0.15) is 73.5 Å². The van der Waals surface area contributed by atoms with Crippen molar-refractivity contribution >= 4 is 11.8 Å². The van der Waals surface area contributed by atoms with Gasteiger partial charge in [-0.3, -0.25) is 14.5 Å². The molecular weight excluding hydrogens is 644 g/mol. The van der Waals surface area contributed by atoms with Gasteiger partial charge in [-0.25, -0.2) is 0 Å². The second-order valence-electron chi connectivity index (χ2n) is 13.3. The number of carbonyl (C=O) groups is 2. The van der Waals surface area contributed by atoms with E-state index in [1.165, 1.54) is 4.90 Å². The van der Waals surface area contributed by atoms with Crippen molar-refractivity contribution in [3.63, 3.8) is 0 Å². The van der Waals surface area contributed by atoms with Crippen molar-refractivity contribution in [3.05, 3.63) is 160 Å². The van der Waals surface area contributed by atoms with Gasteiger partial charge in [0.1, 0.15) is 5.75 Å². The maximum Gasteiger partial charge on any atom is 0.261 e. The molecule has 9 heteroatoms. The molecule has 51 heavy (non-hydrogen) atoms. The highest BCUT2D eigenvalue weighted by Gasteiger charge is 2.35. The van der Waals surface area contributed by atoms with Gasteiger partial charge in [0.15, 0.2) is 6.29 Å². The number of hydrogen-bond acceptors (Lipinski definition) is 8. The van der Waals surface area contributed by atoms with E-state index in [0.29, 0.717) is 36.2 Å². The number of hydrogen-bond donors (Lipinski definition) is 3. The number of phenols is 1. The highest BCUT2D eigenvalue weighted by atomic mass is 16.7. The Bertz CT molecular complexity index is 2000. The van der Waals surface area contributed by atoms with Gasteiger partial charge in [0.2, 0.25) is 0 Å². The van der Waals surface area contributed by atoms with Crippen molar-refractivity contribution in [2.75, 3.05) is 20.1 Å². The van der Waals surface area contributed by atoms with E-state index in [1.807, 2.05) is 84.7 Å². The molecule has 7 rings (SSSR count). The van der Waals surface area contributed by atoms with Crippen LogP contribution < -0.4 is 0 Å². The molecule has 1 saturated heterocycles. The third-order valence-corrected chi connectivity index (χ3v) is 9.51. The Morgan fingerprint density at radius 3 is 2.16 bits per heavy atom. The standard InChI is InChI=1S/C42H40N2O7/c1-43(25-38(47)32-10-6-12-34(46)21-32)24-35-22-39(29-17-15-27(26-45)16-18-29)51-42(50-35)33-11-5-9-31(20-33)30-8-4-7-28(19-30)23-44-40(48)36-13-2-3-14-37(36)41(44)49/h2-21,35,38-39,42,45-47H,22-26H2,1H3/t35-,38-,39+,42+/m1/s1. The van der Waals surface area contributed by atoms with E-state index < -0.39 is 12.4 Å². The fourth-order valence-electron chi connectivity index (χ4n) is 6.87. The van der Waals surface area contributed by atoms with Gasteiger partial charge in [-0.1, -0.05) is 84.9 Å². The Morgan fingerprint density at radius 1 is 0.765 bits per heavy atom. The number of likely N-dealkylation sites (N-methyl/N-ethyl adjacent to an activating group) is 1. The molecule has 0 spiro atoms. The number of ether oxygens (including phenoxy) is 2. The summed E-state index contributed by atoms with van der Waals surface area (Å²) in [5.74, 6) is -0.468. The minimum absolute atomic E-state index is 0.0429. The van der Waals surface area contributed by atoms with Crippen LogP contribution >= 0.6 is 0 Å². The van der Waals surface area contributed by atoms with Gasteiger partial charge in [0.25, 0.3) is 11.8 Å². The summed E-state index contributed by atoms with van der Waals surface area (Å²) in [7, 11) is 1.93. The smallest absolute Gasteiger partial charge is 0.261 e. The van der Waals surface area contributed by atoms with Crippen LogP contribution in [0.4, 0.5) is 0 Å². The lowest BCUT2D eigenvalue weighted by Crippen LogP contribution is -2.39. The number of phenolic OH excluding ortho intramolecular Hbond substituents is 1. The molecule has 260 valence electrons. The number of amides is 2. The van der Waals surface area contributed by atoms with Crippen LogP contribution in [0, 0.1) is 0 Å². The first kappa shape index (κ1) is 34.3. The molecule has 5 aromatic carbocycles. The maximum absolute atomic E-state index is 13.0. The molecule has 9 nitrogen and oxygen atoms in total. The van der Waals surface area contributed by atoms with Crippen LogP contribution in [0.5, 0.6) is 5.75 Å². The van der Waals surface area contributed by atoms with E-state index in [9.17, 15) is 24.9 Å². The fraction of sp³-hybridized carbons (Fsp3) is 0.238. The summed E-state index contributed by atoms with van der Waals surface area (Å²) in [4.78, 5) is 29.3. The molecule has 1 fully saturated rings. The van der Waals surface area contributed by atoms with Gasteiger partial charge in [0, 0.05) is 25.1 Å². The van der Waals surface area contributed by atoms with Crippen molar-refractivity contribution in [3.8, 4) is 16.9 Å². The minimum Gasteiger partial charge on any atom is -0.508 e. The van der Waals surface area contributed by atoms with Crippen LogP contribution in [-0.4, -0.2) is 63.2 Å². The Kier molecular flexibility index (Phi) is 10.1. The summed E-state index contributed by atoms with van der Waals surface area (Å²) < 4.78 is 13.2. The monoisotopic (exact) mass is 684 g/mol. The number of fused-ring (bicyclic) bond motifs is 1. The number of benzene rings is 5. The molecule has 4 atom stereocenters. The first-order valence-electron chi connectivity index (χ1n) is 17.1. The Hall–Kier alpha value is -5.16. The van der Waals surface area contributed by atoms with E-state index >= 15 is 0 Å². The summed E-state index contributed by atoms with van der Waals surface area (Å²) in [5, 5.41) is 30.3. The summed E-state index contributed by atoms with van der Waals surface area (Å²) >= 11 is 0. The molecule has 3 N–H and O–H groups in total. The highest BCUT2D eigenvalue weighted by Crippen LogP contribution is 2.39. The van der Waals surface area contributed by atoms with E-state index in [-0.39, 0.29) is 42.9 Å². The molecule has 0 aromatic heterocycles. The van der Waals surface area contributed by atoms with Crippen LogP contribution in [-0.2, 0) is 22.6 Å². The molecule has 0 bridgehead atoms. The number of carbonyl (C=O) groups excluding carboxylic acids is 2. The van der Waals surface area contributed by atoms with Gasteiger partial charge in [-0.2, -0.15) is 0 Å². The summed E-state index contributed by atoms with van der Waals surface area (Å²) in [6.07, 6.45) is -1.40. The van der Waals surface area contributed by atoms with Crippen molar-refractivity contribution in [1.82, 2.24) is 9.80 Å². The van der Waals surface area contributed by atoms with Crippen molar-refractivity contribution in [2.24, 2.45) is 0 Å². The Morgan fingerprint density at radius 2 is 1.45 bits per heavy atom. The number of aliphatic hydroxyl groups excluding tert-OH is 2. The predicted octanol–water partition coefficient (Wildman–Crippen LogP) is 6.56. The van der Waals surface area contributed by atoms with E-state index in [2.05, 4.69) is 0 Å². The lowest BCUT2D eigenvalue weighted by Gasteiger charge is -2.38. The average molecular weight is 685 g/mol. The quantitative estimate of drug-likeness (QED) is 0.134. The van der Waals surface area contributed by atoms with Crippen LogP contribution in [0.25, 0.3) is 11.1 Å². The maximum atomic E-state index is 13.0. The number of imide groups is 1. The second kappa shape index (κ2) is 15.0. The third kappa shape index (κ3) is 7.63. The zero-order valence-corrected chi connectivity index (χ0v) is 28.3. The van der Waals surface area contributed by atoms with Gasteiger partial charge < -0.3 is 29.7 Å². The molecule has 0 unspecified atom stereocenters. The molecule has 0 radical (unpaired) electrons. The third-order valence-electron chi connectivity index (χ3n) is 9.51. The Balaban J connectivity index is 1.10. The zero-order chi connectivity index (χ0) is 35.5. The van der Waals surface area contributed by atoms with Crippen molar-refractivity contribution in [2.45, 2.75) is 44.2 Å². The molecule has 2 aliphatic rings. The minimum atomic E-state index is -0.788. The van der Waals surface area contributed by atoms with Crippen LogP contribution in [0.15, 0.2) is 121 Å². The Labute approximate surface area is 296 Å². The van der Waals surface area contributed by atoms with E-state index in [0.717, 1.165) is 33.4 Å². The average Bonchev–Trinajstić information content (AvgIpc) is 3.39. The van der Waals surface area contributed by atoms with Crippen LogP contribution in [0.2, 0.25) is 0 Å². The zero-order valence-electron chi connectivity index (χ0n) is 28.3. The van der Waals surface area contributed by atoms with Gasteiger partial charge in [-0.05, 0) is 76.8 Å². The summed E-state index contributed by atoms with van der Waals surface area (Å²) in [6.45, 7) is 0.997. The molecular formula is C42H40N2O7. The first-order valence-corrected chi connectivity index (χ1v) is 17.1. The number of aromatic hydroxyl groups is 1. The number of aliphatic hydroxyl groups is 2.